The quantitative estimate of drug-likeness (QED) is 0.842. The van der Waals surface area contributed by atoms with Gasteiger partial charge in [-0.15, -0.1) is 0 Å². The van der Waals surface area contributed by atoms with Crippen molar-refractivity contribution in [2.75, 3.05) is 0 Å². The lowest BCUT2D eigenvalue weighted by Gasteiger charge is -2.05. The van der Waals surface area contributed by atoms with E-state index in [-0.39, 0.29) is 6.04 Å². The maximum atomic E-state index is 5.90. The summed E-state index contributed by atoms with van der Waals surface area (Å²) < 4.78 is 0. The van der Waals surface area contributed by atoms with Gasteiger partial charge in [-0.3, -0.25) is 0 Å². The molecule has 0 aliphatic carbocycles. The van der Waals surface area contributed by atoms with Crippen molar-refractivity contribution in [3.63, 3.8) is 0 Å². The van der Waals surface area contributed by atoms with Crippen LogP contribution in [0.15, 0.2) is 18.2 Å². The Morgan fingerprint density at radius 1 is 1.29 bits per heavy atom. The average molecular weight is 232 g/mol. The number of nitrogens with two attached hydrogens (primary N) is 1. The molecule has 0 aliphatic heterocycles. The molecule has 3 heteroatoms. The Bertz CT molecular complexity index is 297. The fourth-order valence-electron chi connectivity index (χ4n) is 1.32. The molecule has 1 nitrogen and oxygen atoms in total. The molecule has 0 aromatic heterocycles. The number of aryl methyl sites for hydroxylation is 1. The van der Waals surface area contributed by atoms with E-state index in [1.165, 1.54) is 5.56 Å². The molecule has 1 atom stereocenters. The van der Waals surface area contributed by atoms with Gasteiger partial charge in [0.2, 0.25) is 0 Å². The molecule has 0 fully saturated rings. The second-order valence-corrected chi connectivity index (χ2v) is 4.43. The van der Waals surface area contributed by atoms with E-state index in [0.29, 0.717) is 10.0 Å². The van der Waals surface area contributed by atoms with E-state index in [2.05, 4.69) is 0 Å². The zero-order chi connectivity index (χ0) is 10.6. The van der Waals surface area contributed by atoms with Crippen LogP contribution in [0.1, 0.15) is 25.3 Å². The first kappa shape index (κ1) is 11.8. The molecule has 0 radical (unpaired) electrons. The van der Waals surface area contributed by atoms with Crippen LogP contribution < -0.4 is 5.73 Å². The van der Waals surface area contributed by atoms with Crippen LogP contribution in [-0.4, -0.2) is 6.04 Å². The Morgan fingerprint density at radius 2 is 2.00 bits per heavy atom. The van der Waals surface area contributed by atoms with Crippen molar-refractivity contribution in [2.24, 2.45) is 5.73 Å². The van der Waals surface area contributed by atoms with Crippen molar-refractivity contribution in [1.29, 1.82) is 0 Å². The van der Waals surface area contributed by atoms with Gasteiger partial charge in [0.05, 0.1) is 10.0 Å². The molecule has 0 heterocycles. The standard InChI is InChI=1S/C11H15Cl2N/c1-8(14)3-2-4-9-5-6-10(12)11(13)7-9/h5-8H,2-4,14H2,1H3/t8-/m1/s1. The highest BCUT2D eigenvalue weighted by atomic mass is 35.5. The summed E-state index contributed by atoms with van der Waals surface area (Å²) in [6.07, 6.45) is 3.15. The van der Waals surface area contributed by atoms with E-state index in [1.54, 1.807) is 0 Å². The molecule has 1 aromatic carbocycles. The molecule has 0 saturated carbocycles. The fourth-order valence-corrected chi connectivity index (χ4v) is 1.64. The molecule has 78 valence electrons. The minimum Gasteiger partial charge on any atom is -0.328 e. The van der Waals surface area contributed by atoms with Crippen molar-refractivity contribution in [3.8, 4) is 0 Å². The van der Waals surface area contributed by atoms with Gasteiger partial charge < -0.3 is 5.73 Å². The third kappa shape index (κ3) is 3.87. The van der Waals surface area contributed by atoms with Crippen LogP contribution in [0.25, 0.3) is 0 Å². The lowest BCUT2D eigenvalue weighted by atomic mass is 10.1. The third-order valence-electron chi connectivity index (χ3n) is 2.11. The molecule has 0 aliphatic rings. The third-order valence-corrected chi connectivity index (χ3v) is 2.85. The topological polar surface area (TPSA) is 26.0 Å². The van der Waals surface area contributed by atoms with Gasteiger partial charge in [-0.25, -0.2) is 0 Å². The number of benzene rings is 1. The first-order chi connectivity index (χ1) is 6.59. The number of hydrogen-bond acceptors (Lipinski definition) is 1. The normalized spacial score (nSPS) is 12.9. The van der Waals surface area contributed by atoms with E-state index in [0.717, 1.165) is 19.3 Å². The first-order valence-electron chi connectivity index (χ1n) is 4.79. The second kappa shape index (κ2) is 5.59. The van der Waals surface area contributed by atoms with Crippen molar-refractivity contribution in [2.45, 2.75) is 32.2 Å². The highest BCUT2D eigenvalue weighted by Crippen LogP contribution is 2.23. The molecular formula is C11H15Cl2N. The minimum absolute atomic E-state index is 0.276. The molecule has 0 unspecified atom stereocenters. The van der Waals surface area contributed by atoms with E-state index in [1.807, 2.05) is 25.1 Å². The lowest BCUT2D eigenvalue weighted by Crippen LogP contribution is -2.14. The molecule has 0 spiro atoms. The number of hydrogen-bond donors (Lipinski definition) is 1. The Morgan fingerprint density at radius 3 is 2.57 bits per heavy atom. The van der Waals surface area contributed by atoms with Crippen LogP contribution >= 0.6 is 23.2 Å². The smallest absolute Gasteiger partial charge is 0.0595 e. The zero-order valence-electron chi connectivity index (χ0n) is 8.26. The summed E-state index contributed by atoms with van der Waals surface area (Å²) in [4.78, 5) is 0. The molecule has 1 rings (SSSR count). The Balaban J connectivity index is 2.47. The van der Waals surface area contributed by atoms with Gasteiger partial charge in [-0.1, -0.05) is 29.3 Å². The molecular weight excluding hydrogens is 217 g/mol. The fraction of sp³-hybridized carbons (Fsp3) is 0.455. The maximum absolute atomic E-state index is 5.90. The molecule has 0 saturated heterocycles. The number of rotatable bonds is 4. The van der Waals surface area contributed by atoms with E-state index in [9.17, 15) is 0 Å². The van der Waals surface area contributed by atoms with Crippen molar-refractivity contribution >= 4 is 23.2 Å². The molecule has 2 N–H and O–H groups in total. The van der Waals surface area contributed by atoms with Crippen LogP contribution in [-0.2, 0) is 6.42 Å². The van der Waals surface area contributed by atoms with Crippen LogP contribution in [0.5, 0.6) is 0 Å². The summed E-state index contributed by atoms with van der Waals surface area (Å²) in [6, 6.07) is 6.05. The van der Waals surface area contributed by atoms with Gasteiger partial charge in [0.25, 0.3) is 0 Å². The predicted octanol–water partition coefficient (Wildman–Crippen LogP) is 3.66. The van der Waals surface area contributed by atoms with Gasteiger partial charge >= 0.3 is 0 Å². The summed E-state index contributed by atoms with van der Waals surface area (Å²) in [5.41, 5.74) is 6.89. The largest absolute Gasteiger partial charge is 0.328 e. The van der Waals surface area contributed by atoms with Gasteiger partial charge in [0.15, 0.2) is 0 Å². The summed E-state index contributed by atoms with van der Waals surface area (Å²) in [7, 11) is 0. The molecule has 1 aromatic rings. The average Bonchev–Trinajstić information content (AvgIpc) is 2.10. The highest BCUT2D eigenvalue weighted by Gasteiger charge is 2.00. The summed E-state index contributed by atoms with van der Waals surface area (Å²) >= 11 is 11.7. The van der Waals surface area contributed by atoms with Crippen LogP contribution in [0.3, 0.4) is 0 Å². The van der Waals surface area contributed by atoms with Crippen molar-refractivity contribution < 1.29 is 0 Å². The van der Waals surface area contributed by atoms with E-state index in [4.69, 9.17) is 28.9 Å². The van der Waals surface area contributed by atoms with E-state index >= 15 is 0 Å². The molecule has 0 bridgehead atoms. The Kier molecular flexibility index (Phi) is 4.73. The molecule has 14 heavy (non-hydrogen) atoms. The van der Waals surface area contributed by atoms with Gasteiger partial charge in [-0.2, -0.15) is 0 Å². The van der Waals surface area contributed by atoms with Crippen LogP contribution in [0.4, 0.5) is 0 Å². The monoisotopic (exact) mass is 231 g/mol. The van der Waals surface area contributed by atoms with Gasteiger partial charge in [0.1, 0.15) is 0 Å². The van der Waals surface area contributed by atoms with Gasteiger partial charge in [0, 0.05) is 6.04 Å². The summed E-state index contributed by atoms with van der Waals surface area (Å²) in [5, 5.41) is 1.24. The van der Waals surface area contributed by atoms with Crippen LogP contribution in [0, 0.1) is 0 Å². The second-order valence-electron chi connectivity index (χ2n) is 3.62. The lowest BCUT2D eigenvalue weighted by molar-refractivity contribution is 0.624. The van der Waals surface area contributed by atoms with Crippen molar-refractivity contribution in [1.82, 2.24) is 0 Å². The first-order valence-corrected chi connectivity index (χ1v) is 5.54. The van der Waals surface area contributed by atoms with Crippen LogP contribution in [0.2, 0.25) is 10.0 Å². The maximum Gasteiger partial charge on any atom is 0.0595 e. The SMILES string of the molecule is C[C@@H](N)CCCc1ccc(Cl)c(Cl)c1. The highest BCUT2D eigenvalue weighted by molar-refractivity contribution is 6.42. The number of halogens is 2. The van der Waals surface area contributed by atoms with Gasteiger partial charge in [-0.05, 0) is 43.9 Å². The molecule has 0 amide bonds. The Labute approximate surface area is 95.2 Å². The summed E-state index contributed by atoms with van der Waals surface area (Å²) in [5.74, 6) is 0. The van der Waals surface area contributed by atoms with E-state index < -0.39 is 0 Å². The van der Waals surface area contributed by atoms with Crippen molar-refractivity contribution in [3.05, 3.63) is 33.8 Å². The zero-order valence-corrected chi connectivity index (χ0v) is 9.78. The minimum atomic E-state index is 0.276. The Hall–Kier alpha value is -0.240. The predicted molar refractivity (Wildman–Crippen MR) is 63.0 cm³/mol. The summed E-state index contributed by atoms with van der Waals surface area (Å²) in [6.45, 7) is 2.02.